The van der Waals surface area contributed by atoms with Crippen molar-refractivity contribution < 1.29 is 43.0 Å². The Morgan fingerprint density at radius 3 is 1.00 bits per heavy atom. The smallest absolute Gasteiger partial charge is 0.457 e. The van der Waals surface area contributed by atoms with E-state index in [9.17, 15) is 19.4 Å². The summed E-state index contributed by atoms with van der Waals surface area (Å²) in [4.78, 5) is 22.8. The molecule has 10 heteroatoms. The van der Waals surface area contributed by atoms with Gasteiger partial charge in [-0.1, -0.05) is 284 Å². The summed E-state index contributed by atoms with van der Waals surface area (Å²) in [5.41, 5.74) is 0. The van der Waals surface area contributed by atoms with Gasteiger partial charge in [-0.3, -0.25) is 13.8 Å². The zero-order valence-electron chi connectivity index (χ0n) is 43.2. The molecule has 0 saturated carbocycles. The van der Waals surface area contributed by atoms with Crippen molar-refractivity contribution in [3.8, 4) is 0 Å². The van der Waals surface area contributed by atoms with Crippen LogP contribution in [-0.4, -0.2) is 66.3 Å². The third-order valence-electron chi connectivity index (χ3n) is 13.0. The SMILES string of the molecule is CCCCCCCCCCCCCCCCCCCCCCCCCC(=O)OC(COCCCCCCCCCCCCCCCCCCCCCCC)COP(=O)(O)OCC(O)CO. The summed E-state index contributed by atoms with van der Waals surface area (Å²) in [6.45, 7) is 3.62. The Bertz CT molecular complexity index is 985. The number of aliphatic hydroxyl groups excluding tert-OH is 2. The molecule has 3 unspecified atom stereocenters. The molecular weight excluding hydrogens is 836 g/mol. The van der Waals surface area contributed by atoms with Gasteiger partial charge in [0.25, 0.3) is 0 Å². The highest BCUT2D eigenvalue weighted by Crippen LogP contribution is 2.43. The fraction of sp³-hybridized carbons (Fsp3) is 0.982. The maximum atomic E-state index is 12.7. The Labute approximate surface area is 403 Å². The lowest BCUT2D eigenvalue weighted by molar-refractivity contribution is -0.154. The largest absolute Gasteiger partial charge is 0.472 e. The molecule has 390 valence electrons. The first-order chi connectivity index (χ1) is 31.8. The normalized spacial score (nSPS) is 13.6. The molecule has 0 bridgehead atoms. The number of unbranched alkanes of at least 4 members (excludes halogenated alkanes) is 42. The molecule has 0 spiro atoms. The summed E-state index contributed by atoms with van der Waals surface area (Å²) in [6.07, 6.45) is 56.6. The molecule has 0 aromatic carbocycles. The van der Waals surface area contributed by atoms with Gasteiger partial charge in [0.1, 0.15) is 12.2 Å². The van der Waals surface area contributed by atoms with Gasteiger partial charge in [-0.05, 0) is 12.8 Å². The van der Waals surface area contributed by atoms with E-state index >= 15 is 0 Å². The molecule has 0 rings (SSSR count). The van der Waals surface area contributed by atoms with Crippen LogP contribution in [0.5, 0.6) is 0 Å². The molecule has 0 radical (unpaired) electrons. The van der Waals surface area contributed by atoms with Gasteiger partial charge >= 0.3 is 13.8 Å². The van der Waals surface area contributed by atoms with Gasteiger partial charge in [0, 0.05) is 13.0 Å². The lowest BCUT2D eigenvalue weighted by Crippen LogP contribution is -2.29. The lowest BCUT2D eigenvalue weighted by Gasteiger charge is -2.20. The third-order valence-corrected chi connectivity index (χ3v) is 14.0. The van der Waals surface area contributed by atoms with Crippen LogP contribution in [-0.2, 0) is 27.9 Å². The number of ether oxygens (including phenoxy) is 2. The predicted octanol–water partition coefficient (Wildman–Crippen LogP) is 17.0. The highest BCUT2D eigenvalue weighted by atomic mass is 31.2. The van der Waals surface area contributed by atoms with Gasteiger partial charge < -0.3 is 24.6 Å². The lowest BCUT2D eigenvalue weighted by atomic mass is 10.0. The third kappa shape index (κ3) is 52.7. The Kier molecular flexibility index (Phi) is 52.4. The van der Waals surface area contributed by atoms with E-state index in [1.807, 2.05) is 0 Å². The minimum absolute atomic E-state index is 0.0591. The van der Waals surface area contributed by atoms with Crippen LogP contribution in [0.3, 0.4) is 0 Å². The molecule has 65 heavy (non-hydrogen) atoms. The van der Waals surface area contributed by atoms with Gasteiger partial charge in [-0.15, -0.1) is 0 Å². The van der Waals surface area contributed by atoms with Crippen molar-refractivity contribution in [1.29, 1.82) is 0 Å². The Hall–Kier alpha value is -0.540. The van der Waals surface area contributed by atoms with Crippen molar-refractivity contribution in [2.75, 3.05) is 33.0 Å². The second kappa shape index (κ2) is 52.8. The molecule has 0 aromatic rings. The van der Waals surface area contributed by atoms with Crippen molar-refractivity contribution in [3.05, 3.63) is 0 Å². The van der Waals surface area contributed by atoms with Gasteiger partial charge in [0.2, 0.25) is 0 Å². The molecule has 3 N–H and O–H groups in total. The topological polar surface area (TPSA) is 132 Å². The van der Waals surface area contributed by atoms with Crippen LogP contribution in [0, 0.1) is 0 Å². The van der Waals surface area contributed by atoms with E-state index < -0.39 is 33.2 Å². The van der Waals surface area contributed by atoms with Gasteiger partial charge in [-0.2, -0.15) is 0 Å². The number of carbonyl (C=O) groups excluding carboxylic acids is 1. The van der Waals surface area contributed by atoms with E-state index in [2.05, 4.69) is 13.8 Å². The second-order valence-corrected chi connectivity index (χ2v) is 21.1. The molecule has 0 amide bonds. The first kappa shape index (κ1) is 64.5. The minimum Gasteiger partial charge on any atom is -0.457 e. The van der Waals surface area contributed by atoms with Crippen molar-refractivity contribution in [2.24, 2.45) is 0 Å². The molecule has 0 aliphatic carbocycles. The van der Waals surface area contributed by atoms with E-state index in [0.29, 0.717) is 6.61 Å². The number of phosphoric acid groups is 1. The van der Waals surface area contributed by atoms with Crippen LogP contribution in [0.4, 0.5) is 0 Å². The molecule has 0 aromatic heterocycles. The number of rotatable bonds is 56. The maximum Gasteiger partial charge on any atom is 0.472 e. The van der Waals surface area contributed by atoms with Gasteiger partial charge in [0.05, 0.1) is 26.4 Å². The van der Waals surface area contributed by atoms with Crippen LogP contribution in [0.15, 0.2) is 0 Å². The summed E-state index contributed by atoms with van der Waals surface area (Å²) < 4.78 is 33.6. The monoisotopic (exact) mass is 947 g/mol. The maximum absolute atomic E-state index is 12.7. The number of phosphoric ester groups is 1. The number of hydrogen-bond acceptors (Lipinski definition) is 8. The minimum atomic E-state index is -4.52. The summed E-state index contributed by atoms with van der Waals surface area (Å²) >= 11 is 0. The van der Waals surface area contributed by atoms with E-state index in [1.165, 1.54) is 250 Å². The van der Waals surface area contributed by atoms with Crippen LogP contribution < -0.4 is 0 Å². The number of aliphatic hydroxyl groups is 2. The quantitative estimate of drug-likeness (QED) is 0.0310. The molecule has 9 nitrogen and oxygen atoms in total. The number of esters is 1. The number of hydrogen-bond donors (Lipinski definition) is 3. The average Bonchev–Trinajstić information content (AvgIpc) is 3.30. The van der Waals surface area contributed by atoms with Crippen molar-refractivity contribution in [2.45, 2.75) is 315 Å². The van der Waals surface area contributed by atoms with Crippen molar-refractivity contribution >= 4 is 13.8 Å². The average molecular weight is 947 g/mol. The standard InChI is InChI=1S/C55H111O9P/c1-3-5-7-9-11-13-15-17-19-21-23-25-26-27-29-31-33-35-37-39-41-43-45-47-55(58)64-54(52-63-65(59,60)62-50-53(57)49-56)51-61-48-46-44-42-40-38-36-34-32-30-28-24-22-20-18-16-14-12-10-8-6-4-2/h53-54,56-57H,3-52H2,1-2H3,(H,59,60). The molecule has 0 saturated heterocycles. The molecular formula is C55H111O9P. The summed E-state index contributed by atoms with van der Waals surface area (Å²) in [7, 11) is -4.52. The van der Waals surface area contributed by atoms with Crippen molar-refractivity contribution in [1.82, 2.24) is 0 Å². The highest BCUT2D eigenvalue weighted by molar-refractivity contribution is 7.47. The molecule has 0 aliphatic heterocycles. The summed E-state index contributed by atoms with van der Waals surface area (Å²) in [5.74, 6) is -0.371. The van der Waals surface area contributed by atoms with E-state index in [-0.39, 0.29) is 25.6 Å². The van der Waals surface area contributed by atoms with Gasteiger partial charge in [0.15, 0.2) is 0 Å². The Morgan fingerprint density at radius 2 is 0.692 bits per heavy atom. The van der Waals surface area contributed by atoms with Gasteiger partial charge in [-0.25, -0.2) is 4.57 Å². The first-order valence-corrected chi connectivity index (χ1v) is 30.0. The summed E-state index contributed by atoms with van der Waals surface area (Å²) in [6, 6.07) is 0. The molecule has 3 atom stereocenters. The zero-order chi connectivity index (χ0) is 47.4. The second-order valence-electron chi connectivity index (χ2n) is 19.7. The summed E-state index contributed by atoms with van der Waals surface area (Å²) in [5, 5.41) is 18.5. The molecule has 0 fully saturated rings. The molecule has 0 heterocycles. The van der Waals surface area contributed by atoms with Crippen LogP contribution in [0.2, 0.25) is 0 Å². The number of carbonyl (C=O) groups is 1. The highest BCUT2D eigenvalue weighted by Gasteiger charge is 2.26. The Morgan fingerprint density at radius 1 is 0.415 bits per heavy atom. The van der Waals surface area contributed by atoms with Crippen molar-refractivity contribution in [3.63, 3.8) is 0 Å². The van der Waals surface area contributed by atoms with E-state index in [0.717, 1.165) is 32.1 Å². The fourth-order valence-corrected chi connectivity index (χ4v) is 9.50. The Balaban J connectivity index is 3.95. The van der Waals surface area contributed by atoms with Crippen LogP contribution >= 0.6 is 7.82 Å². The van der Waals surface area contributed by atoms with Crippen LogP contribution in [0.1, 0.15) is 303 Å². The van der Waals surface area contributed by atoms with E-state index in [1.54, 1.807) is 0 Å². The van der Waals surface area contributed by atoms with Crippen LogP contribution in [0.25, 0.3) is 0 Å². The van der Waals surface area contributed by atoms with E-state index in [4.69, 9.17) is 23.6 Å². The fourth-order valence-electron chi connectivity index (χ4n) is 8.71. The molecule has 0 aliphatic rings. The predicted molar refractivity (Wildman–Crippen MR) is 275 cm³/mol. The zero-order valence-corrected chi connectivity index (χ0v) is 44.1. The first-order valence-electron chi connectivity index (χ1n) is 28.5.